The molecule has 0 saturated carbocycles. The summed E-state index contributed by atoms with van der Waals surface area (Å²) in [7, 11) is 1.54. The van der Waals surface area contributed by atoms with Crippen molar-refractivity contribution in [3.05, 3.63) is 53.7 Å². The average molecular weight is 355 g/mol. The maximum atomic E-state index is 12.4. The summed E-state index contributed by atoms with van der Waals surface area (Å²) in [4.78, 5) is 20.9. The van der Waals surface area contributed by atoms with Crippen molar-refractivity contribution in [2.24, 2.45) is 0 Å². The van der Waals surface area contributed by atoms with Gasteiger partial charge < -0.3 is 9.47 Å². The molecule has 6 nitrogen and oxygen atoms in total. The molecule has 0 unspecified atom stereocenters. The molecule has 2 heterocycles. The molecule has 128 valence electrons. The SMILES string of the molecule is CCOc1ccc(C(=O)Nc2nc(-c3cccnc3)cs2)cc1OC. The van der Waals surface area contributed by atoms with Gasteiger partial charge in [0.1, 0.15) is 0 Å². The molecule has 3 aromatic rings. The maximum Gasteiger partial charge on any atom is 0.257 e. The normalized spacial score (nSPS) is 10.3. The van der Waals surface area contributed by atoms with Gasteiger partial charge in [-0.1, -0.05) is 0 Å². The molecular weight excluding hydrogens is 338 g/mol. The van der Waals surface area contributed by atoms with E-state index in [0.717, 1.165) is 11.3 Å². The highest BCUT2D eigenvalue weighted by molar-refractivity contribution is 7.14. The lowest BCUT2D eigenvalue weighted by Crippen LogP contribution is -2.12. The summed E-state index contributed by atoms with van der Waals surface area (Å²) in [6, 6.07) is 8.83. The Balaban J connectivity index is 1.75. The van der Waals surface area contributed by atoms with Crippen molar-refractivity contribution >= 4 is 22.4 Å². The van der Waals surface area contributed by atoms with Gasteiger partial charge in [-0.15, -0.1) is 11.3 Å². The number of nitrogens with zero attached hydrogens (tertiary/aromatic N) is 2. The Hall–Kier alpha value is -2.93. The number of hydrogen-bond acceptors (Lipinski definition) is 6. The molecule has 1 N–H and O–H groups in total. The van der Waals surface area contributed by atoms with Crippen LogP contribution in [0.3, 0.4) is 0 Å². The number of benzene rings is 1. The van der Waals surface area contributed by atoms with E-state index in [9.17, 15) is 4.79 Å². The van der Waals surface area contributed by atoms with Gasteiger partial charge in [-0.25, -0.2) is 4.98 Å². The Labute approximate surface area is 149 Å². The zero-order chi connectivity index (χ0) is 17.6. The fourth-order valence-electron chi connectivity index (χ4n) is 2.23. The van der Waals surface area contributed by atoms with E-state index in [2.05, 4.69) is 15.3 Å². The predicted octanol–water partition coefficient (Wildman–Crippen LogP) is 3.86. The summed E-state index contributed by atoms with van der Waals surface area (Å²) in [5.41, 5.74) is 2.15. The molecule has 1 amide bonds. The molecule has 1 aromatic carbocycles. The molecule has 25 heavy (non-hydrogen) atoms. The molecular formula is C18H17N3O3S. The first-order valence-electron chi connectivity index (χ1n) is 7.69. The van der Waals surface area contributed by atoms with Crippen molar-refractivity contribution in [1.82, 2.24) is 9.97 Å². The second kappa shape index (κ2) is 7.76. The van der Waals surface area contributed by atoms with Crippen molar-refractivity contribution in [3.8, 4) is 22.8 Å². The highest BCUT2D eigenvalue weighted by Crippen LogP contribution is 2.29. The van der Waals surface area contributed by atoms with Crippen LogP contribution in [-0.2, 0) is 0 Å². The first-order chi connectivity index (χ1) is 12.2. The monoisotopic (exact) mass is 355 g/mol. The standard InChI is InChI=1S/C18H17N3O3S/c1-3-24-15-7-6-12(9-16(15)23-2)17(22)21-18-20-14(11-25-18)13-5-4-8-19-10-13/h4-11H,3H2,1-2H3,(H,20,21,22). The minimum atomic E-state index is -0.256. The number of carbonyl (C=O) groups excluding carboxylic acids is 1. The summed E-state index contributed by atoms with van der Waals surface area (Å²) < 4.78 is 10.7. The Morgan fingerprint density at radius 1 is 1.28 bits per heavy atom. The summed E-state index contributed by atoms with van der Waals surface area (Å²) in [5, 5.41) is 5.21. The van der Waals surface area contributed by atoms with E-state index in [1.165, 1.54) is 11.3 Å². The molecule has 0 radical (unpaired) electrons. The number of pyridine rings is 1. The highest BCUT2D eigenvalue weighted by Gasteiger charge is 2.13. The smallest absolute Gasteiger partial charge is 0.257 e. The Morgan fingerprint density at radius 3 is 2.88 bits per heavy atom. The van der Waals surface area contributed by atoms with Crippen LogP contribution in [0.25, 0.3) is 11.3 Å². The Kier molecular flexibility index (Phi) is 5.25. The number of ether oxygens (including phenoxy) is 2. The van der Waals surface area contributed by atoms with Gasteiger partial charge >= 0.3 is 0 Å². The number of methoxy groups -OCH3 is 1. The van der Waals surface area contributed by atoms with Gasteiger partial charge in [0.15, 0.2) is 16.6 Å². The van der Waals surface area contributed by atoms with Gasteiger partial charge in [-0.05, 0) is 37.3 Å². The van der Waals surface area contributed by atoms with Crippen molar-refractivity contribution in [2.75, 3.05) is 19.0 Å². The number of amides is 1. The molecule has 0 aliphatic heterocycles. The third kappa shape index (κ3) is 3.95. The van der Waals surface area contributed by atoms with Crippen LogP contribution >= 0.6 is 11.3 Å². The molecule has 0 saturated heterocycles. The summed E-state index contributed by atoms with van der Waals surface area (Å²) in [5.74, 6) is 0.868. The van der Waals surface area contributed by atoms with Gasteiger partial charge in [0.2, 0.25) is 0 Å². The molecule has 0 fully saturated rings. The van der Waals surface area contributed by atoms with Crippen LogP contribution in [0.5, 0.6) is 11.5 Å². The molecule has 0 bridgehead atoms. The van der Waals surface area contributed by atoms with Crippen LogP contribution in [-0.4, -0.2) is 29.6 Å². The summed E-state index contributed by atoms with van der Waals surface area (Å²) in [6.07, 6.45) is 3.44. The Morgan fingerprint density at radius 2 is 2.16 bits per heavy atom. The number of aromatic nitrogens is 2. The second-order valence-electron chi connectivity index (χ2n) is 5.03. The first kappa shape index (κ1) is 16.9. The van der Waals surface area contributed by atoms with Crippen molar-refractivity contribution in [1.29, 1.82) is 0 Å². The maximum absolute atomic E-state index is 12.4. The van der Waals surface area contributed by atoms with E-state index in [1.54, 1.807) is 37.7 Å². The molecule has 0 aliphatic carbocycles. The molecule has 0 aliphatic rings. The van der Waals surface area contributed by atoms with Crippen molar-refractivity contribution < 1.29 is 14.3 Å². The topological polar surface area (TPSA) is 73.3 Å². The zero-order valence-electron chi connectivity index (χ0n) is 13.9. The number of nitrogens with one attached hydrogen (secondary N) is 1. The number of carbonyl (C=O) groups is 1. The largest absolute Gasteiger partial charge is 0.493 e. The van der Waals surface area contributed by atoms with Crippen molar-refractivity contribution in [2.45, 2.75) is 6.92 Å². The predicted molar refractivity (Wildman–Crippen MR) is 97.5 cm³/mol. The van der Waals surface area contributed by atoms with Crippen LogP contribution in [0.1, 0.15) is 17.3 Å². The van der Waals surface area contributed by atoms with E-state index < -0.39 is 0 Å². The fraction of sp³-hybridized carbons (Fsp3) is 0.167. The molecule has 0 atom stereocenters. The quantitative estimate of drug-likeness (QED) is 0.727. The van der Waals surface area contributed by atoms with Gasteiger partial charge in [-0.3, -0.25) is 15.1 Å². The van der Waals surface area contributed by atoms with Crippen LogP contribution < -0.4 is 14.8 Å². The number of hydrogen-bond donors (Lipinski definition) is 1. The van der Waals surface area contributed by atoms with Crippen LogP contribution in [0, 0.1) is 0 Å². The lowest BCUT2D eigenvalue weighted by Gasteiger charge is -2.10. The van der Waals surface area contributed by atoms with Crippen molar-refractivity contribution in [3.63, 3.8) is 0 Å². The van der Waals surface area contributed by atoms with Crippen LogP contribution in [0.15, 0.2) is 48.1 Å². The molecule has 2 aromatic heterocycles. The van der Waals surface area contributed by atoms with E-state index in [-0.39, 0.29) is 5.91 Å². The lowest BCUT2D eigenvalue weighted by atomic mass is 10.2. The molecule has 0 spiro atoms. The fourth-order valence-corrected chi connectivity index (χ4v) is 2.95. The summed E-state index contributed by atoms with van der Waals surface area (Å²) in [6.45, 7) is 2.42. The number of anilines is 1. The lowest BCUT2D eigenvalue weighted by molar-refractivity contribution is 0.102. The average Bonchev–Trinajstić information content (AvgIpc) is 3.11. The van der Waals surface area contributed by atoms with Gasteiger partial charge in [0.25, 0.3) is 5.91 Å². The first-order valence-corrected chi connectivity index (χ1v) is 8.57. The third-order valence-electron chi connectivity index (χ3n) is 3.41. The minimum absolute atomic E-state index is 0.256. The van der Waals surface area contributed by atoms with Gasteiger partial charge in [0, 0.05) is 28.9 Å². The van der Waals surface area contributed by atoms with Gasteiger partial charge in [-0.2, -0.15) is 0 Å². The Bertz CT molecular complexity index is 865. The number of rotatable bonds is 6. The molecule has 3 rings (SSSR count). The summed E-state index contributed by atoms with van der Waals surface area (Å²) >= 11 is 1.36. The second-order valence-corrected chi connectivity index (χ2v) is 5.89. The van der Waals surface area contributed by atoms with Crippen LogP contribution in [0.2, 0.25) is 0 Å². The van der Waals surface area contributed by atoms with E-state index >= 15 is 0 Å². The zero-order valence-corrected chi connectivity index (χ0v) is 14.7. The highest BCUT2D eigenvalue weighted by atomic mass is 32.1. The minimum Gasteiger partial charge on any atom is -0.493 e. The van der Waals surface area contributed by atoms with E-state index in [1.807, 2.05) is 24.4 Å². The molecule has 7 heteroatoms. The third-order valence-corrected chi connectivity index (χ3v) is 4.17. The van der Waals surface area contributed by atoms with Gasteiger partial charge in [0.05, 0.1) is 19.4 Å². The van der Waals surface area contributed by atoms with E-state index in [4.69, 9.17) is 9.47 Å². The number of thiazole rings is 1. The van der Waals surface area contributed by atoms with Crippen LogP contribution in [0.4, 0.5) is 5.13 Å². The van der Waals surface area contributed by atoms with E-state index in [0.29, 0.717) is 28.8 Å².